The molecule has 0 unspecified atom stereocenters. The van der Waals surface area contributed by atoms with Gasteiger partial charge in [-0.15, -0.1) is 11.6 Å². The van der Waals surface area contributed by atoms with E-state index in [1.807, 2.05) is 18.3 Å². The maximum atomic E-state index is 5.90. The first-order valence-electron chi connectivity index (χ1n) is 6.78. The van der Waals surface area contributed by atoms with Crippen LogP contribution in [0.3, 0.4) is 0 Å². The second-order valence-corrected chi connectivity index (χ2v) is 5.35. The lowest BCUT2D eigenvalue weighted by Crippen LogP contribution is -2.16. The number of imidazole rings is 1. The van der Waals surface area contributed by atoms with Gasteiger partial charge in [0.2, 0.25) is 0 Å². The Morgan fingerprint density at radius 3 is 2.89 bits per heavy atom. The van der Waals surface area contributed by atoms with Crippen LogP contribution in [0.5, 0.6) is 0 Å². The fourth-order valence-electron chi connectivity index (χ4n) is 2.96. The van der Waals surface area contributed by atoms with Gasteiger partial charge in [0, 0.05) is 24.5 Å². The molecule has 0 aromatic carbocycles. The quantitative estimate of drug-likeness (QED) is 0.791. The van der Waals surface area contributed by atoms with E-state index in [1.165, 1.54) is 32.1 Å². The first-order valence-corrected chi connectivity index (χ1v) is 7.31. The first-order chi connectivity index (χ1) is 8.90. The molecule has 96 valence electrons. The Morgan fingerprint density at radius 2 is 2.11 bits per heavy atom. The van der Waals surface area contributed by atoms with Gasteiger partial charge < -0.3 is 4.57 Å². The van der Waals surface area contributed by atoms with Crippen LogP contribution in [-0.4, -0.2) is 20.4 Å². The molecule has 0 bridgehead atoms. The third kappa shape index (κ3) is 2.12. The molecule has 0 radical (unpaired) electrons. The number of hydrogen-bond donors (Lipinski definition) is 0. The van der Waals surface area contributed by atoms with Crippen LogP contribution in [0, 0.1) is 0 Å². The highest BCUT2D eigenvalue weighted by Crippen LogP contribution is 2.31. The number of rotatable bonds is 3. The molecule has 18 heavy (non-hydrogen) atoms. The highest BCUT2D eigenvalue weighted by molar-refractivity contribution is 6.17. The summed E-state index contributed by atoms with van der Waals surface area (Å²) in [5.41, 5.74) is 2.03. The van der Waals surface area contributed by atoms with Crippen molar-refractivity contribution in [2.24, 2.45) is 0 Å². The zero-order chi connectivity index (χ0) is 12.4. The molecule has 0 atom stereocenters. The number of nitrogens with zero attached hydrogens (tertiary/aromatic N) is 3. The molecule has 3 nitrogen and oxygen atoms in total. The van der Waals surface area contributed by atoms with Crippen molar-refractivity contribution in [2.75, 3.05) is 5.88 Å². The highest BCUT2D eigenvalue weighted by Gasteiger charge is 2.21. The molecule has 1 fully saturated rings. The summed E-state index contributed by atoms with van der Waals surface area (Å²) in [5.74, 6) is 1.72. The smallest absolute Gasteiger partial charge is 0.160 e. The molecule has 0 spiro atoms. The maximum absolute atomic E-state index is 5.90. The van der Waals surface area contributed by atoms with Crippen LogP contribution < -0.4 is 0 Å². The van der Waals surface area contributed by atoms with Crippen molar-refractivity contribution in [3.8, 4) is 0 Å². The Bertz CT molecular complexity index is 529. The number of halogens is 1. The average molecular weight is 264 g/mol. The van der Waals surface area contributed by atoms with E-state index < -0.39 is 0 Å². The van der Waals surface area contributed by atoms with Crippen LogP contribution in [0.1, 0.15) is 44.0 Å². The van der Waals surface area contributed by atoms with Crippen molar-refractivity contribution in [2.45, 2.75) is 44.6 Å². The van der Waals surface area contributed by atoms with E-state index in [2.05, 4.69) is 9.55 Å². The molecule has 1 saturated carbocycles. The molecule has 2 aromatic heterocycles. The number of alkyl halides is 1. The summed E-state index contributed by atoms with van der Waals surface area (Å²) in [6.45, 7) is 0. The van der Waals surface area contributed by atoms with Gasteiger partial charge in [0.15, 0.2) is 5.65 Å². The van der Waals surface area contributed by atoms with E-state index in [-0.39, 0.29) is 0 Å². The summed E-state index contributed by atoms with van der Waals surface area (Å²) in [6.07, 6.45) is 9.17. The molecule has 1 aliphatic carbocycles. The Labute approximate surface area is 112 Å². The lowest BCUT2D eigenvalue weighted by atomic mass is 9.95. The lowest BCUT2D eigenvalue weighted by molar-refractivity contribution is 0.352. The number of pyridine rings is 1. The molecule has 0 N–H and O–H groups in total. The van der Waals surface area contributed by atoms with Crippen LogP contribution in [0.2, 0.25) is 0 Å². The second-order valence-electron chi connectivity index (χ2n) is 4.97. The SMILES string of the molecule is ClCCc1nc2cccnc2n1C1CCCCC1. The number of fused-ring (bicyclic) bond motifs is 1. The molecule has 0 aliphatic heterocycles. The zero-order valence-electron chi connectivity index (χ0n) is 10.5. The van der Waals surface area contributed by atoms with Gasteiger partial charge in [0.05, 0.1) is 0 Å². The molecule has 2 aromatic rings. The molecule has 0 amide bonds. The lowest BCUT2D eigenvalue weighted by Gasteiger charge is -2.25. The van der Waals surface area contributed by atoms with Crippen LogP contribution in [0.15, 0.2) is 18.3 Å². The van der Waals surface area contributed by atoms with Crippen molar-refractivity contribution in [1.29, 1.82) is 0 Å². The van der Waals surface area contributed by atoms with E-state index in [0.717, 1.165) is 23.4 Å². The van der Waals surface area contributed by atoms with Gasteiger partial charge in [-0.05, 0) is 25.0 Å². The fraction of sp³-hybridized carbons (Fsp3) is 0.571. The maximum Gasteiger partial charge on any atom is 0.160 e. The van der Waals surface area contributed by atoms with Crippen LogP contribution >= 0.6 is 11.6 Å². The van der Waals surface area contributed by atoms with Crippen molar-refractivity contribution in [3.05, 3.63) is 24.2 Å². The normalized spacial score (nSPS) is 17.4. The van der Waals surface area contributed by atoms with Crippen LogP contribution in [0.25, 0.3) is 11.2 Å². The summed E-state index contributed by atoms with van der Waals surface area (Å²) in [4.78, 5) is 9.21. The predicted octanol–water partition coefficient (Wildman–Crippen LogP) is 3.72. The summed E-state index contributed by atoms with van der Waals surface area (Å²) < 4.78 is 2.34. The summed E-state index contributed by atoms with van der Waals surface area (Å²) in [5, 5.41) is 0. The Kier molecular flexibility index (Phi) is 3.50. The fourth-order valence-corrected chi connectivity index (χ4v) is 3.13. The molecule has 1 aliphatic rings. The van der Waals surface area contributed by atoms with Crippen molar-refractivity contribution in [3.63, 3.8) is 0 Å². The molecule has 0 saturated heterocycles. The standard InChI is InChI=1S/C14H18ClN3/c15-9-8-13-17-12-7-4-10-16-14(12)18(13)11-5-2-1-3-6-11/h4,7,10-11H,1-3,5-6,8-9H2. The van der Waals surface area contributed by atoms with E-state index in [1.54, 1.807) is 0 Å². The third-order valence-corrected chi connectivity index (χ3v) is 3.97. The first kappa shape index (κ1) is 12.0. The molecule has 2 heterocycles. The second kappa shape index (κ2) is 5.27. The minimum absolute atomic E-state index is 0.567. The zero-order valence-corrected chi connectivity index (χ0v) is 11.2. The Balaban J connectivity index is 2.07. The highest BCUT2D eigenvalue weighted by atomic mass is 35.5. The van der Waals surface area contributed by atoms with Gasteiger partial charge in [0.25, 0.3) is 0 Å². The van der Waals surface area contributed by atoms with Crippen molar-refractivity contribution in [1.82, 2.24) is 14.5 Å². The summed E-state index contributed by atoms with van der Waals surface area (Å²) in [6, 6.07) is 4.56. The van der Waals surface area contributed by atoms with Gasteiger partial charge >= 0.3 is 0 Å². The minimum atomic E-state index is 0.567. The number of aryl methyl sites for hydroxylation is 1. The Hall–Kier alpha value is -1.09. The molecular weight excluding hydrogens is 246 g/mol. The van der Waals surface area contributed by atoms with Gasteiger partial charge in [-0.2, -0.15) is 0 Å². The van der Waals surface area contributed by atoms with Crippen LogP contribution in [0.4, 0.5) is 0 Å². The Morgan fingerprint density at radius 1 is 1.28 bits per heavy atom. The molecule has 3 rings (SSSR count). The van der Waals surface area contributed by atoms with Gasteiger partial charge in [-0.25, -0.2) is 9.97 Å². The predicted molar refractivity (Wildman–Crippen MR) is 74.1 cm³/mol. The molecular formula is C14H18ClN3. The summed E-state index contributed by atoms with van der Waals surface area (Å²) in [7, 11) is 0. The average Bonchev–Trinajstić information content (AvgIpc) is 2.78. The largest absolute Gasteiger partial charge is 0.310 e. The minimum Gasteiger partial charge on any atom is -0.310 e. The van der Waals surface area contributed by atoms with E-state index in [4.69, 9.17) is 16.6 Å². The van der Waals surface area contributed by atoms with Crippen molar-refractivity contribution >= 4 is 22.8 Å². The van der Waals surface area contributed by atoms with E-state index >= 15 is 0 Å². The number of aromatic nitrogens is 3. The van der Waals surface area contributed by atoms with E-state index in [9.17, 15) is 0 Å². The van der Waals surface area contributed by atoms with Crippen molar-refractivity contribution < 1.29 is 0 Å². The van der Waals surface area contributed by atoms with Gasteiger partial charge in [0.1, 0.15) is 11.3 Å². The van der Waals surface area contributed by atoms with Gasteiger partial charge in [-0.1, -0.05) is 19.3 Å². The third-order valence-electron chi connectivity index (χ3n) is 3.78. The summed E-state index contributed by atoms with van der Waals surface area (Å²) >= 11 is 5.90. The number of hydrogen-bond acceptors (Lipinski definition) is 2. The monoisotopic (exact) mass is 263 g/mol. The molecule has 4 heteroatoms. The topological polar surface area (TPSA) is 30.7 Å². The van der Waals surface area contributed by atoms with E-state index in [0.29, 0.717) is 11.9 Å². The van der Waals surface area contributed by atoms with Gasteiger partial charge in [-0.3, -0.25) is 0 Å². The van der Waals surface area contributed by atoms with Crippen LogP contribution in [-0.2, 0) is 6.42 Å².